The van der Waals surface area contributed by atoms with Gasteiger partial charge in [0.2, 0.25) is 17.4 Å². The number of anilines is 1. The van der Waals surface area contributed by atoms with Crippen molar-refractivity contribution in [1.29, 1.82) is 0 Å². The molecule has 0 unspecified atom stereocenters. The number of esters is 1. The number of carbonyl (C=O) groups excluding carboxylic acids is 3. The molecule has 3 saturated heterocycles. The quantitative estimate of drug-likeness (QED) is 0.602. The van der Waals surface area contributed by atoms with Crippen LogP contribution in [0.15, 0.2) is 18.2 Å². The van der Waals surface area contributed by atoms with E-state index in [1.807, 2.05) is 12.1 Å². The van der Waals surface area contributed by atoms with Crippen molar-refractivity contribution in [3.05, 3.63) is 29.3 Å². The molecule has 30 heavy (non-hydrogen) atoms. The highest BCUT2D eigenvalue weighted by atomic mass is 16.7. The molecular weight excluding hydrogens is 392 g/mol. The SMILES string of the molecule is COC(=O)[C@@]12[C@H]3Cc4cccc5c4[C@@]1(O[C@]1(O)CC(=O)N(C3(C)C)[C@]21O)C(=O)N5C. The zero-order chi connectivity index (χ0) is 21.6. The smallest absolute Gasteiger partial charge is 0.321 e. The van der Waals surface area contributed by atoms with E-state index in [0.29, 0.717) is 17.7 Å². The molecule has 0 saturated carbocycles. The van der Waals surface area contributed by atoms with Gasteiger partial charge in [-0.1, -0.05) is 12.1 Å². The number of likely N-dealkylation sites (N-methyl/N-ethyl adjacent to an activating group) is 1. The van der Waals surface area contributed by atoms with Crippen molar-refractivity contribution >= 4 is 23.5 Å². The maximum atomic E-state index is 13.8. The maximum absolute atomic E-state index is 13.8. The lowest BCUT2D eigenvalue weighted by molar-refractivity contribution is -0.288. The summed E-state index contributed by atoms with van der Waals surface area (Å²) in [5, 5.41) is 23.7. The van der Waals surface area contributed by atoms with Gasteiger partial charge in [-0.3, -0.25) is 14.4 Å². The van der Waals surface area contributed by atoms with Gasteiger partial charge in [0.1, 0.15) is 0 Å². The summed E-state index contributed by atoms with van der Waals surface area (Å²) in [4.78, 5) is 43.1. The minimum atomic E-state index is -2.45. The van der Waals surface area contributed by atoms with Gasteiger partial charge in [0.05, 0.1) is 19.2 Å². The largest absolute Gasteiger partial charge is 0.468 e. The van der Waals surface area contributed by atoms with Gasteiger partial charge in [0.15, 0.2) is 11.0 Å². The summed E-state index contributed by atoms with van der Waals surface area (Å²) in [7, 11) is 2.74. The van der Waals surface area contributed by atoms with E-state index in [1.54, 1.807) is 27.0 Å². The zero-order valence-electron chi connectivity index (χ0n) is 17.1. The summed E-state index contributed by atoms with van der Waals surface area (Å²) in [5.41, 5.74) is -5.75. The van der Waals surface area contributed by atoms with E-state index < -0.39 is 58.2 Å². The van der Waals surface area contributed by atoms with Crippen LogP contribution in [0.3, 0.4) is 0 Å². The Kier molecular flexibility index (Phi) is 2.78. The molecule has 1 aromatic rings. The van der Waals surface area contributed by atoms with Crippen LogP contribution in [0, 0.1) is 11.3 Å². The van der Waals surface area contributed by atoms with E-state index in [0.717, 1.165) is 10.5 Å². The van der Waals surface area contributed by atoms with Crippen molar-refractivity contribution in [2.45, 2.75) is 49.3 Å². The number of amides is 2. The number of methoxy groups -OCH3 is 1. The van der Waals surface area contributed by atoms with Crippen molar-refractivity contribution in [3.8, 4) is 0 Å². The summed E-state index contributed by atoms with van der Waals surface area (Å²) in [6.07, 6.45) is -0.256. The normalized spacial score (nSPS) is 43.9. The lowest BCUT2D eigenvalue weighted by Crippen LogP contribution is -2.68. The number of hydrogen-bond acceptors (Lipinski definition) is 7. The first-order chi connectivity index (χ1) is 14.0. The predicted molar refractivity (Wildman–Crippen MR) is 99.7 cm³/mol. The lowest BCUT2D eigenvalue weighted by Gasteiger charge is -2.48. The molecule has 9 nitrogen and oxygen atoms in total. The van der Waals surface area contributed by atoms with E-state index in [9.17, 15) is 24.6 Å². The Labute approximate surface area is 172 Å². The standard InChI is InChI=1S/C21H22N2O7/c1-17(2)12-8-10-6-5-7-11-14(10)20(15(25)22(11)3)19(12,16(26)29-4)21(28)18(27,30-20)9-13(24)23(17)21/h5-7,12,27-28H,8-9H2,1-4H3/t12-,18+,19-,20+,21+/m0/s1. The van der Waals surface area contributed by atoms with Crippen molar-refractivity contribution in [2.24, 2.45) is 11.3 Å². The average molecular weight is 414 g/mol. The van der Waals surface area contributed by atoms with E-state index in [4.69, 9.17) is 9.47 Å². The fraction of sp³-hybridized carbons (Fsp3) is 0.571. The molecular formula is C21H22N2O7. The third kappa shape index (κ3) is 1.28. The summed E-state index contributed by atoms with van der Waals surface area (Å²) in [5.74, 6) is -5.17. The molecule has 0 bridgehead atoms. The van der Waals surface area contributed by atoms with Gasteiger partial charge < -0.3 is 29.5 Å². The molecule has 0 radical (unpaired) electrons. The first-order valence-corrected chi connectivity index (χ1v) is 9.94. The molecule has 2 amide bonds. The van der Waals surface area contributed by atoms with Gasteiger partial charge >= 0.3 is 5.97 Å². The summed E-state index contributed by atoms with van der Waals surface area (Å²) in [6, 6.07) is 5.41. The Hall–Kier alpha value is -2.49. The predicted octanol–water partition coefficient (Wildman–Crippen LogP) is -0.378. The first kappa shape index (κ1) is 18.3. The Morgan fingerprint density at radius 1 is 1.27 bits per heavy atom. The highest BCUT2D eigenvalue weighted by Crippen LogP contribution is 2.79. The second kappa shape index (κ2) is 4.56. The maximum Gasteiger partial charge on any atom is 0.321 e. The second-order valence-corrected chi connectivity index (χ2v) is 9.53. The number of carbonyl (C=O) groups is 3. The lowest BCUT2D eigenvalue weighted by atomic mass is 9.51. The second-order valence-electron chi connectivity index (χ2n) is 9.53. The minimum absolute atomic E-state index is 0.305. The van der Waals surface area contributed by atoms with Gasteiger partial charge in [0, 0.05) is 24.1 Å². The van der Waals surface area contributed by atoms with Crippen molar-refractivity contribution in [3.63, 3.8) is 0 Å². The third-order valence-corrected chi connectivity index (χ3v) is 8.27. The molecule has 1 aliphatic carbocycles. The zero-order valence-corrected chi connectivity index (χ0v) is 17.1. The summed E-state index contributed by atoms with van der Waals surface area (Å²) < 4.78 is 11.3. The van der Waals surface area contributed by atoms with Gasteiger partial charge in [-0.2, -0.15) is 0 Å². The molecule has 9 heteroatoms. The van der Waals surface area contributed by atoms with E-state index in [-0.39, 0.29) is 0 Å². The molecule has 0 aromatic heterocycles. The average Bonchev–Trinajstić information content (AvgIpc) is 3.17. The van der Waals surface area contributed by atoms with Crippen molar-refractivity contribution in [2.75, 3.05) is 19.1 Å². The molecule has 2 N–H and O–H groups in total. The first-order valence-electron chi connectivity index (χ1n) is 9.94. The van der Waals surface area contributed by atoms with E-state index >= 15 is 0 Å². The van der Waals surface area contributed by atoms with Gasteiger partial charge in [-0.25, -0.2) is 0 Å². The van der Waals surface area contributed by atoms with E-state index in [1.165, 1.54) is 12.0 Å². The van der Waals surface area contributed by atoms with Gasteiger partial charge in [-0.15, -0.1) is 0 Å². The number of ether oxygens (including phenoxy) is 2. The molecule has 3 fully saturated rings. The Bertz CT molecular complexity index is 1100. The number of hydrogen-bond donors (Lipinski definition) is 2. The molecule has 6 rings (SSSR count). The third-order valence-electron chi connectivity index (χ3n) is 8.27. The fourth-order valence-corrected chi connectivity index (χ4v) is 7.41. The molecule has 158 valence electrons. The molecule has 4 heterocycles. The highest BCUT2D eigenvalue weighted by Gasteiger charge is 2.98. The van der Waals surface area contributed by atoms with Gasteiger partial charge in [0.25, 0.3) is 5.91 Å². The molecule has 5 atom stereocenters. The fourth-order valence-electron chi connectivity index (χ4n) is 7.41. The minimum Gasteiger partial charge on any atom is -0.468 e. The summed E-state index contributed by atoms with van der Waals surface area (Å²) >= 11 is 0. The molecule has 4 aliphatic heterocycles. The Morgan fingerprint density at radius 2 is 1.97 bits per heavy atom. The van der Waals surface area contributed by atoms with E-state index in [2.05, 4.69) is 0 Å². The molecule has 5 aliphatic rings. The molecule has 1 aromatic carbocycles. The van der Waals surface area contributed by atoms with Crippen LogP contribution in [0.1, 0.15) is 31.4 Å². The monoisotopic (exact) mass is 414 g/mol. The van der Waals surface area contributed by atoms with Crippen LogP contribution < -0.4 is 4.90 Å². The number of rotatable bonds is 1. The van der Waals surface area contributed by atoms with Crippen LogP contribution >= 0.6 is 0 Å². The molecule has 1 spiro atoms. The Balaban J connectivity index is 1.85. The van der Waals surface area contributed by atoms with Crippen LogP contribution in [0.25, 0.3) is 0 Å². The van der Waals surface area contributed by atoms with Crippen LogP contribution in [-0.4, -0.2) is 64.1 Å². The number of benzene rings is 1. The van der Waals surface area contributed by atoms with Gasteiger partial charge in [-0.05, 0) is 31.9 Å². The van der Waals surface area contributed by atoms with Crippen LogP contribution in [0.2, 0.25) is 0 Å². The van der Waals surface area contributed by atoms with Crippen LogP contribution in [-0.2, 0) is 35.9 Å². The number of nitrogens with zero attached hydrogens (tertiary/aromatic N) is 2. The highest BCUT2D eigenvalue weighted by molar-refractivity contribution is 6.12. The van der Waals surface area contributed by atoms with Crippen molar-refractivity contribution in [1.82, 2.24) is 4.90 Å². The Morgan fingerprint density at radius 3 is 2.63 bits per heavy atom. The van der Waals surface area contributed by atoms with Crippen LogP contribution in [0.4, 0.5) is 5.69 Å². The van der Waals surface area contributed by atoms with Crippen molar-refractivity contribution < 1.29 is 34.1 Å². The van der Waals surface area contributed by atoms with Crippen LogP contribution in [0.5, 0.6) is 0 Å². The summed E-state index contributed by atoms with van der Waals surface area (Å²) in [6.45, 7) is 3.49. The number of aliphatic hydroxyl groups is 2. The topological polar surface area (TPSA) is 117 Å².